The van der Waals surface area contributed by atoms with Crippen LogP contribution < -0.4 is 26.8 Å². The van der Waals surface area contributed by atoms with Crippen LogP contribution >= 0.6 is 0 Å². The number of nitrogens with one attached hydrogen (secondary N) is 4. The van der Waals surface area contributed by atoms with Crippen LogP contribution in [0.15, 0.2) is 52.2 Å². The quantitative estimate of drug-likeness (QED) is 0.462. The van der Waals surface area contributed by atoms with E-state index in [1.165, 1.54) is 6.07 Å². The zero-order chi connectivity index (χ0) is 22.9. The van der Waals surface area contributed by atoms with Crippen molar-refractivity contribution < 1.29 is 13.2 Å². The molecule has 11 heteroatoms. The van der Waals surface area contributed by atoms with Gasteiger partial charge in [-0.1, -0.05) is 19.1 Å². The Labute approximate surface area is 180 Å². The molecule has 3 aromatic rings. The van der Waals surface area contributed by atoms with Gasteiger partial charge in [0, 0.05) is 24.8 Å². The maximum absolute atomic E-state index is 12.9. The van der Waals surface area contributed by atoms with Gasteiger partial charge in [0.15, 0.2) is 0 Å². The maximum Gasteiger partial charge on any atom is 0.416 e. The van der Waals surface area contributed by atoms with E-state index in [1.807, 2.05) is 11.8 Å². The lowest BCUT2D eigenvalue weighted by Crippen LogP contribution is -2.30. The summed E-state index contributed by atoms with van der Waals surface area (Å²) in [4.78, 5) is 35.0. The number of rotatable bonds is 6. The molecule has 0 fully saturated rings. The van der Waals surface area contributed by atoms with Crippen LogP contribution in [0, 0.1) is 0 Å². The van der Waals surface area contributed by atoms with Gasteiger partial charge in [-0.2, -0.15) is 13.2 Å². The summed E-state index contributed by atoms with van der Waals surface area (Å²) in [5, 5.41) is 6.14. The molecule has 2 aromatic heterocycles. The van der Waals surface area contributed by atoms with Crippen LogP contribution in [0.25, 0.3) is 0 Å². The van der Waals surface area contributed by atoms with Gasteiger partial charge < -0.3 is 15.5 Å². The van der Waals surface area contributed by atoms with Crippen molar-refractivity contribution in [2.24, 2.45) is 0 Å². The minimum Gasteiger partial charge on any atom is -0.366 e. The van der Waals surface area contributed by atoms with Gasteiger partial charge in [-0.15, -0.1) is 0 Å². The summed E-state index contributed by atoms with van der Waals surface area (Å²) >= 11 is 0. The lowest BCUT2D eigenvalue weighted by molar-refractivity contribution is -0.137. The van der Waals surface area contributed by atoms with Gasteiger partial charge in [0.2, 0.25) is 0 Å². The fraction of sp³-hybridized carbons (Fsp3) is 0.286. The normalized spacial score (nSPS) is 15.4. The van der Waals surface area contributed by atoms with Gasteiger partial charge in [-0.3, -0.25) is 14.8 Å². The number of halogens is 3. The highest BCUT2D eigenvalue weighted by Gasteiger charge is 2.33. The molecule has 1 aliphatic heterocycles. The topological polar surface area (TPSA) is 106 Å². The number of nitrogens with zero attached hydrogens (tertiary/aromatic N) is 2. The molecule has 1 aromatic carbocycles. The number of anilines is 3. The monoisotopic (exact) mass is 446 g/mol. The molecule has 4 rings (SSSR count). The summed E-state index contributed by atoms with van der Waals surface area (Å²) in [5.74, 6) is 0.923. The number of hydrogen-bond acceptors (Lipinski definition) is 6. The van der Waals surface area contributed by atoms with E-state index in [9.17, 15) is 22.8 Å². The van der Waals surface area contributed by atoms with Crippen molar-refractivity contribution in [2.75, 3.05) is 22.1 Å². The van der Waals surface area contributed by atoms with Gasteiger partial charge in [-0.05, 0) is 36.2 Å². The molecular formula is C21H21F3N6O2. The predicted octanol–water partition coefficient (Wildman–Crippen LogP) is 3.43. The Morgan fingerprint density at radius 1 is 1.16 bits per heavy atom. The lowest BCUT2D eigenvalue weighted by Gasteiger charge is -2.26. The lowest BCUT2D eigenvalue weighted by atomic mass is 10.1. The Bertz CT molecular complexity index is 1220. The molecule has 0 spiro atoms. The number of benzene rings is 1. The van der Waals surface area contributed by atoms with Crippen molar-refractivity contribution in [1.82, 2.24) is 15.0 Å². The number of hydrogen-bond donors (Lipinski definition) is 4. The van der Waals surface area contributed by atoms with Gasteiger partial charge in [0.25, 0.3) is 5.56 Å². The average Bonchev–Trinajstić information content (AvgIpc) is 3.11. The van der Waals surface area contributed by atoms with Crippen molar-refractivity contribution in [1.29, 1.82) is 0 Å². The van der Waals surface area contributed by atoms with Gasteiger partial charge in [0.1, 0.15) is 23.5 Å². The van der Waals surface area contributed by atoms with E-state index in [4.69, 9.17) is 0 Å². The number of alkyl halides is 3. The number of aromatic amines is 2. The molecule has 0 saturated carbocycles. The van der Waals surface area contributed by atoms with Crippen molar-refractivity contribution >= 4 is 17.3 Å². The molecule has 0 bridgehead atoms. The Kier molecular flexibility index (Phi) is 5.64. The number of fused-ring (bicyclic) bond motifs is 1. The average molecular weight is 446 g/mol. The molecule has 0 aliphatic carbocycles. The molecule has 0 amide bonds. The highest BCUT2D eigenvalue weighted by Crippen LogP contribution is 2.36. The predicted molar refractivity (Wildman–Crippen MR) is 115 cm³/mol. The third-order valence-electron chi connectivity index (χ3n) is 5.10. The first-order valence-electron chi connectivity index (χ1n) is 10.0. The van der Waals surface area contributed by atoms with Crippen LogP contribution in [0.3, 0.4) is 0 Å². The van der Waals surface area contributed by atoms with Crippen LogP contribution in [0.4, 0.5) is 30.5 Å². The number of aromatic nitrogens is 3. The fourth-order valence-corrected chi connectivity index (χ4v) is 3.63. The van der Waals surface area contributed by atoms with Gasteiger partial charge in [0.05, 0.1) is 5.56 Å². The van der Waals surface area contributed by atoms with Crippen LogP contribution in [0.1, 0.15) is 36.2 Å². The van der Waals surface area contributed by atoms with E-state index < -0.39 is 29.2 Å². The van der Waals surface area contributed by atoms with E-state index in [0.29, 0.717) is 23.7 Å². The Hall–Kier alpha value is -3.76. The molecule has 1 unspecified atom stereocenters. The molecule has 3 heterocycles. The highest BCUT2D eigenvalue weighted by molar-refractivity contribution is 5.71. The smallest absolute Gasteiger partial charge is 0.366 e. The van der Waals surface area contributed by atoms with Crippen molar-refractivity contribution in [3.8, 4) is 0 Å². The number of pyridine rings is 1. The molecule has 168 valence electrons. The summed E-state index contributed by atoms with van der Waals surface area (Å²) < 4.78 is 38.6. The Morgan fingerprint density at radius 2 is 1.97 bits per heavy atom. The third-order valence-corrected chi connectivity index (χ3v) is 5.10. The largest absolute Gasteiger partial charge is 0.416 e. The van der Waals surface area contributed by atoms with Gasteiger partial charge >= 0.3 is 11.9 Å². The molecule has 8 nitrogen and oxygen atoms in total. The summed E-state index contributed by atoms with van der Waals surface area (Å²) in [6.45, 7) is 2.76. The van der Waals surface area contributed by atoms with E-state index in [2.05, 4.69) is 25.6 Å². The second-order valence-corrected chi connectivity index (χ2v) is 7.40. The van der Waals surface area contributed by atoms with Crippen molar-refractivity contribution in [3.63, 3.8) is 0 Å². The molecule has 0 saturated heterocycles. The molecule has 4 N–H and O–H groups in total. The van der Waals surface area contributed by atoms with E-state index in [1.54, 1.807) is 24.4 Å². The first-order valence-corrected chi connectivity index (χ1v) is 10.0. The fourth-order valence-electron chi connectivity index (χ4n) is 3.63. The molecule has 1 aliphatic rings. The van der Waals surface area contributed by atoms with E-state index in [0.717, 1.165) is 24.1 Å². The van der Waals surface area contributed by atoms with Gasteiger partial charge in [-0.25, -0.2) is 9.78 Å². The van der Waals surface area contributed by atoms with Crippen molar-refractivity contribution in [2.45, 2.75) is 32.2 Å². The minimum absolute atomic E-state index is 0.182. The first kappa shape index (κ1) is 21.5. The molecule has 1 atom stereocenters. The van der Waals surface area contributed by atoms with Crippen LogP contribution in [0.5, 0.6) is 0 Å². The summed E-state index contributed by atoms with van der Waals surface area (Å²) in [6, 6.07) is 8.63. The van der Waals surface area contributed by atoms with E-state index in [-0.39, 0.29) is 12.2 Å². The Morgan fingerprint density at radius 3 is 2.66 bits per heavy atom. The highest BCUT2D eigenvalue weighted by atomic mass is 19.4. The SMILES string of the molecule is CCCN1c2[nH]c(=O)[nH]c(=O)c2NC1c1ccc(NCc2cccc(C(F)(F)F)c2)nc1. The summed E-state index contributed by atoms with van der Waals surface area (Å²) in [7, 11) is 0. The van der Waals surface area contributed by atoms with Crippen LogP contribution in [0.2, 0.25) is 0 Å². The maximum atomic E-state index is 12.9. The second-order valence-electron chi connectivity index (χ2n) is 7.40. The first-order chi connectivity index (χ1) is 15.3. The van der Waals surface area contributed by atoms with Crippen LogP contribution in [-0.2, 0) is 12.7 Å². The number of H-pyrrole nitrogens is 2. The van der Waals surface area contributed by atoms with Crippen molar-refractivity contribution in [3.05, 3.63) is 80.1 Å². The second kappa shape index (κ2) is 8.40. The van der Waals surface area contributed by atoms with E-state index >= 15 is 0 Å². The zero-order valence-corrected chi connectivity index (χ0v) is 17.1. The molecular weight excluding hydrogens is 425 g/mol. The molecule has 0 radical (unpaired) electrons. The third kappa shape index (κ3) is 4.32. The van der Waals surface area contributed by atoms with Crippen LogP contribution in [-0.4, -0.2) is 21.5 Å². The summed E-state index contributed by atoms with van der Waals surface area (Å²) in [5.41, 5.74) is -0.245. The standard InChI is InChI=1S/C21H21F3N6O2/c1-2-8-30-17(27-16-18(30)28-20(32)29-19(16)31)13-6-7-15(26-11-13)25-10-12-4-3-5-14(9-12)21(22,23)24/h3-7,9,11,17,27H,2,8,10H2,1H3,(H,25,26)(H2,28,29,31,32). The summed E-state index contributed by atoms with van der Waals surface area (Å²) in [6.07, 6.45) is -2.38. The Balaban J connectivity index is 1.50. The molecule has 32 heavy (non-hydrogen) atoms. The minimum atomic E-state index is -4.39. The zero-order valence-electron chi connectivity index (χ0n) is 17.1.